The number of benzene rings is 1. The molecule has 0 aliphatic heterocycles. The molecule has 1 aromatic carbocycles. The van der Waals surface area contributed by atoms with E-state index in [9.17, 15) is 4.79 Å². The van der Waals surface area contributed by atoms with Crippen LogP contribution in [0.1, 0.15) is 68.1 Å². The summed E-state index contributed by atoms with van der Waals surface area (Å²) in [6.07, 6.45) is 10.7. The standard InChI is InChI=1S/C29H33BrClN3O/c1-16-4-11-25(24(31)12-16)34-27-21-10-8-20(30)13-17(21)6-9-22(27)26(33-34)28(35)32-15-18-5-7-19-14-23(18)29(19,2)3/h8,10-13,16,18-19,23H,4-7,9,14-15H2,1-3H3,(H,32,35). The zero-order chi connectivity index (χ0) is 24.5. The van der Waals surface area contributed by atoms with Crippen LogP contribution in [0.2, 0.25) is 0 Å². The molecule has 1 amide bonds. The Bertz CT molecular complexity index is 1270. The molecule has 184 valence electrons. The van der Waals surface area contributed by atoms with Gasteiger partial charge < -0.3 is 5.32 Å². The van der Waals surface area contributed by atoms with Crippen LogP contribution in [0, 0.1) is 29.1 Å². The summed E-state index contributed by atoms with van der Waals surface area (Å²) in [5.74, 6) is 2.50. The summed E-state index contributed by atoms with van der Waals surface area (Å²) >= 11 is 10.3. The highest BCUT2D eigenvalue weighted by Crippen LogP contribution is 2.61. The Hall–Kier alpha value is -1.85. The van der Waals surface area contributed by atoms with E-state index in [-0.39, 0.29) is 5.91 Å². The number of hydrogen-bond acceptors (Lipinski definition) is 2. The molecule has 0 spiro atoms. The van der Waals surface area contributed by atoms with Gasteiger partial charge in [0.15, 0.2) is 5.69 Å². The maximum atomic E-state index is 13.6. The van der Waals surface area contributed by atoms with Crippen LogP contribution >= 0.6 is 27.5 Å². The van der Waals surface area contributed by atoms with E-state index in [2.05, 4.69) is 72.4 Å². The topological polar surface area (TPSA) is 46.9 Å². The Morgan fingerprint density at radius 2 is 2.11 bits per heavy atom. The molecule has 4 unspecified atom stereocenters. The number of nitrogens with zero attached hydrogens (tertiary/aromatic N) is 2. The lowest BCUT2D eigenvalue weighted by Gasteiger charge is -2.60. The number of halogens is 2. The number of fused-ring (bicyclic) bond motifs is 5. The smallest absolute Gasteiger partial charge is 0.272 e. The fourth-order valence-electron chi connectivity index (χ4n) is 7.08. The lowest BCUT2D eigenvalue weighted by Crippen LogP contribution is -2.54. The van der Waals surface area contributed by atoms with Gasteiger partial charge in [0.1, 0.15) is 0 Å². The fourth-order valence-corrected chi connectivity index (χ4v) is 7.86. The highest BCUT2D eigenvalue weighted by molar-refractivity contribution is 9.10. The van der Waals surface area contributed by atoms with Crippen molar-refractivity contribution in [3.63, 3.8) is 0 Å². The third kappa shape index (κ3) is 3.85. The predicted octanol–water partition coefficient (Wildman–Crippen LogP) is 7.22. The van der Waals surface area contributed by atoms with Crippen molar-refractivity contribution in [3.05, 3.63) is 56.7 Å². The fraction of sp³-hybridized carbons (Fsp3) is 0.517. The second kappa shape index (κ2) is 8.62. The molecule has 1 aromatic heterocycles. The quantitative estimate of drug-likeness (QED) is 0.434. The number of aryl methyl sites for hydroxylation is 1. The third-order valence-electron chi connectivity index (χ3n) is 9.28. The van der Waals surface area contributed by atoms with Gasteiger partial charge in [0.25, 0.3) is 5.91 Å². The van der Waals surface area contributed by atoms with Gasteiger partial charge in [-0.05, 0) is 85.3 Å². The first kappa shape index (κ1) is 23.5. The molecule has 35 heavy (non-hydrogen) atoms. The Labute approximate surface area is 221 Å². The summed E-state index contributed by atoms with van der Waals surface area (Å²) in [5.41, 5.74) is 6.31. The molecule has 1 heterocycles. The highest BCUT2D eigenvalue weighted by atomic mass is 79.9. The van der Waals surface area contributed by atoms with E-state index in [4.69, 9.17) is 16.7 Å². The maximum absolute atomic E-state index is 13.6. The van der Waals surface area contributed by atoms with E-state index in [1.54, 1.807) is 0 Å². The second-order valence-electron chi connectivity index (χ2n) is 11.6. The van der Waals surface area contributed by atoms with Crippen molar-refractivity contribution in [1.29, 1.82) is 0 Å². The molecule has 3 saturated carbocycles. The SMILES string of the molecule is CC1C=C(Cl)C(n2nc(C(=O)NCC3CCC4CC3C4(C)C)c3c2-c2ccc(Br)cc2CC3)=CC1. The average Bonchev–Trinajstić information content (AvgIpc) is 3.22. The zero-order valence-electron chi connectivity index (χ0n) is 20.7. The van der Waals surface area contributed by atoms with E-state index in [1.165, 1.54) is 24.8 Å². The van der Waals surface area contributed by atoms with Crippen LogP contribution < -0.4 is 5.32 Å². The normalized spacial score (nSPS) is 28.3. The van der Waals surface area contributed by atoms with E-state index >= 15 is 0 Å². The first-order valence-corrected chi connectivity index (χ1v) is 14.2. The molecule has 7 rings (SSSR count). The van der Waals surface area contributed by atoms with Crippen molar-refractivity contribution in [2.75, 3.05) is 6.54 Å². The zero-order valence-corrected chi connectivity index (χ0v) is 23.0. The van der Waals surface area contributed by atoms with E-state index in [0.29, 0.717) is 28.0 Å². The van der Waals surface area contributed by atoms with Gasteiger partial charge in [0.05, 0.1) is 16.4 Å². The van der Waals surface area contributed by atoms with Gasteiger partial charge in [-0.3, -0.25) is 4.79 Å². The predicted molar refractivity (Wildman–Crippen MR) is 145 cm³/mol. The number of hydrogen-bond donors (Lipinski definition) is 1. The van der Waals surface area contributed by atoms with E-state index in [0.717, 1.165) is 64.6 Å². The van der Waals surface area contributed by atoms with Crippen LogP contribution in [0.3, 0.4) is 0 Å². The Balaban J connectivity index is 1.34. The third-order valence-corrected chi connectivity index (χ3v) is 10.1. The summed E-state index contributed by atoms with van der Waals surface area (Å²) in [5, 5.41) is 8.93. The summed E-state index contributed by atoms with van der Waals surface area (Å²) in [6.45, 7) is 7.72. The van der Waals surface area contributed by atoms with Crippen LogP contribution in [-0.2, 0) is 12.8 Å². The van der Waals surface area contributed by atoms with Crippen molar-refractivity contribution in [1.82, 2.24) is 15.1 Å². The molecule has 2 aromatic rings. The average molecular weight is 555 g/mol. The van der Waals surface area contributed by atoms with Gasteiger partial charge >= 0.3 is 0 Å². The molecule has 3 fully saturated rings. The van der Waals surface area contributed by atoms with Crippen LogP contribution in [0.5, 0.6) is 0 Å². The number of carbonyl (C=O) groups excluding carboxylic acids is 1. The summed E-state index contributed by atoms with van der Waals surface area (Å²) in [4.78, 5) is 13.6. The van der Waals surface area contributed by atoms with Crippen molar-refractivity contribution < 1.29 is 4.79 Å². The van der Waals surface area contributed by atoms with Crippen molar-refractivity contribution in [3.8, 4) is 11.3 Å². The monoisotopic (exact) mass is 553 g/mol. The number of allylic oxidation sites excluding steroid dienone is 4. The lowest BCUT2D eigenvalue weighted by molar-refractivity contribution is -0.103. The molecule has 0 saturated heterocycles. The first-order valence-electron chi connectivity index (χ1n) is 13.0. The van der Waals surface area contributed by atoms with E-state index in [1.807, 2.05) is 4.68 Å². The molecule has 0 radical (unpaired) electrons. The minimum absolute atomic E-state index is 0.0512. The van der Waals surface area contributed by atoms with Crippen LogP contribution in [0.25, 0.3) is 17.0 Å². The van der Waals surface area contributed by atoms with Gasteiger partial charge in [-0.1, -0.05) is 66.5 Å². The van der Waals surface area contributed by atoms with E-state index < -0.39 is 0 Å². The molecule has 2 bridgehead atoms. The summed E-state index contributed by atoms with van der Waals surface area (Å²) < 4.78 is 3.00. The van der Waals surface area contributed by atoms with Crippen LogP contribution in [-0.4, -0.2) is 22.2 Å². The highest BCUT2D eigenvalue weighted by Gasteiger charge is 2.54. The van der Waals surface area contributed by atoms with Crippen molar-refractivity contribution in [2.24, 2.45) is 29.1 Å². The summed E-state index contributed by atoms with van der Waals surface area (Å²) in [7, 11) is 0. The second-order valence-corrected chi connectivity index (χ2v) is 12.9. The number of rotatable bonds is 4. The molecule has 6 heteroatoms. The van der Waals surface area contributed by atoms with Crippen molar-refractivity contribution >= 4 is 39.1 Å². The Kier molecular flexibility index (Phi) is 5.80. The van der Waals surface area contributed by atoms with Gasteiger partial charge in [0.2, 0.25) is 0 Å². The largest absolute Gasteiger partial charge is 0.350 e. The molecule has 4 atom stereocenters. The summed E-state index contributed by atoms with van der Waals surface area (Å²) in [6, 6.07) is 6.38. The molecule has 4 nitrogen and oxygen atoms in total. The van der Waals surface area contributed by atoms with Gasteiger partial charge in [-0.15, -0.1) is 0 Å². The lowest BCUT2D eigenvalue weighted by atomic mass is 9.45. The maximum Gasteiger partial charge on any atom is 0.272 e. The number of aromatic nitrogens is 2. The molecular weight excluding hydrogens is 522 g/mol. The molecular formula is C29H33BrClN3O. The van der Waals surface area contributed by atoms with Gasteiger partial charge in [0, 0.05) is 22.1 Å². The van der Waals surface area contributed by atoms with Gasteiger partial charge in [-0.25, -0.2) is 4.68 Å². The minimum atomic E-state index is -0.0512. The number of nitrogens with one attached hydrogen (secondary N) is 1. The number of carbonyl (C=O) groups is 1. The van der Waals surface area contributed by atoms with Gasteiger partial charge in [-0.2, -0.15) is 5.10 Å². The molecule has 5 aliphatic carbocycles. The first-order chi connectivity index (χ1) is 16.7. The van der Waals surface area contributed by atoms with Crippen molar-refractivity contribution in [2.45, 2.75) is 59.3 Å². The minimum Gasteiger partial charge on any atom is -0.350 e. The van der Waals surface area contributed by atoms with Crippen LogP contribution in [0.15, 0.2) is 39.9 Å². The Morgan fingerprint density at radius 1 is 1.29 bits per heavy atom. The molecule has 1 N–H and O–H groups in total. The molecule has 5 aliphatic rings. The van der Waals surface area contributed by atoms with Crippen LogP contribution in [0.4, 0.5) is 0 Å². The Morgan fingerprint density at radius 3 is 2.86 bits per heavy atom. The number of amides is 1.